The number of aliphatic carboxylic acids is 1. The van der Waals surface area contributed by atoms with E-state index in [1.54, 1.807) is 13.2 Å². The average Bonchev–Trinajstić information content (AvgIpc) is 2.75. The predicted octanol–water partition coefficient (Wildman–Crippen LogP) is 1.01. The molecule has 1 amide bonds. The zero-order chi connectivity index (χ0) is 12.0. The molecule has 5 nitrogen and oxygen atoms in total. The van der Waals surface area contributed by atoms with Crippen LogP contribution in [0.15, 0.2) is 11.6 Å². The summed E-state index contributed by atoms with van der Waals surface area (Å²) in [6, 6.07) is 0. The number of rotatable bonds is 6. The molecule has 0 spiro atoms. The molecule has 1 aromatic heterocycles. The fourth-order valence-electron chi connectivity index (χ4n) is 1.17. The Bertz CT molecular complexity index is 351. The van der Waals surface area contributed by atoms with E-state index in [0.717, 1.165) is 5.01 Å². The summed E-state index contributed by atoms with van der Waals surface area (Å²) in [6.07, 6.45) is 2.69. The molecule has 0 unspecified atom stereocenters. The summed E-state index contributed by atoms with van der Waals surface area (Å²) < 4.78 is 0. The van der Waals surface area contributed by atoms with Crippen LogP contribution < -0.4 is 0 Å². The number of carboxylic acids is 1. The molecule has 0 bridgehead atoms. The van der Waals surface area contributed by atoms with E-state index >= 15 is 0 Å². The Kier molecular flexibility index (Phi) is 4.91. The van der Waals surface area contributed by atoms with Crippen molar-refractivity contribution in [2.75, 3.05) is 13.6 Å². The third-order valence-electron chi connectivity index (χ3n) is 2.12. The summed E-state index contributed by atoms with van der Waals surface area (Å²) >= 11 is 1.52. The Labute approximate surface area is 97.7 Å². The molecule has 1 aromatic rings. The molecular formula is C10H14N2O3S. The summed E-state index contributed by atoms with van der Waals surface area (Å²) in [6.45, 7) is 0.256. The van der Waals surface area contributed by atoms with Gasteiger partial charge in [0.25, 0.3) is 0 Å². The van der Waals surface area contributed by atoms with Crippen molar-refractivity contribution >= 4 is 23.2 Å². The molecule has 0 saturated carbocycles. The van der Waals surface area contributed by atoms with Crippen molar-refractivity contribution in [3.8, 4) is 0 Å². The maximum atomic E-state index is 11.6. The normalized spacial score (nSPS) is 10.1. The molecule has 0 aliphatic rings. The van der Waals surface area contributed by atoms with Crippen LogP contribution in [0.2, 0.25) is 0 Å². The number of thiazole rings is 1. The van der Waals surface area contributed by atoms with Gasteiger partial charge in [0.2, 0.25) is 5.91 Å². The molecule has 0 fully saturated rings. The van der Waals surface area contributed by atoms with Crippen molar-refractivity contribution in [1.82, 2.24) is 9.88 Å². The van der Waals surface area contributed by atoms with Gasteiger partial charge in [-0.2, -0.15) is 0 Å². The zero-order valence-corrected chi connectivity index (χ0v) is 9.87. The number of carbonyl (C=O) groups is 2. The van der Waals surface area contributed by atoms with Crippen LogP contribution in [0, 0.1) is 0 Å². The summed E-state index contributed by atoms with van der Waals surface area (Å²) in [5.41, 5.74) is 0. The molecule has 1 heterocycles. The number of hydrogen-bond acceptors (Lipinski definition) is 4. The Morgan fingerprint density at radius 2 is 2.25 bits per heavy atom. The van der Waals surface area contributed by atoms with E-state index in [1.807, 2.05) is 5.38 Å². The van der Waals surface area contributed by atoms with Gasteiger partial charge in [0.15, 0.2) is 0 Å². The molecule has 0 radical (unpaired) electrons. The van der Waals surface area contributed by atoms with Crippen molar-refractivity contribution < 1.29 is 14.7 Å². The van der Waals surface area contributed by atoms with E-state index in [1.165, 1.54) is 16.2 Å². The predicted molar refractivity (Wildman–Crippen MR) is 60.3 cm³/mol. The second-order valence-electron chi connectivity index (χ2n) is 3.38. The van der Waals surface area contributed by atoms with Gasteiger partial charge in [0.1, 0.15) is 0 Å². The molecule has 0 aromatic carbocycles. The minimum absolute atomic E-state index is 0.0144. The third-order valence-corrected chi connectivity index (χ3v) is 2.96. The minimum atomic E-state index is -0.889. The Hall–Kier alpha value is -1.43. The lowest BCUT2D eigenvalue weighted by molar-refractivity contribution is -0.138. The first-order valence-electron chi connectivity index (χ1n) is 4.93. The van der Waals surface area contributed by atoms with Gasteiger partial charge in [-0.15, -0.1) is 11.3 Å². The van der Waals surface area contributed by atoms with Crippen molar-refractivity contribution in [2.45, 2.75) is 19.3 Å². The number of aryl methyl sites for hydroxylation is 1. The molecule has 88 valence electrons. The highest BCUT2D eigenvalue weighted by Crippen LogP contribution is 2.07. The van der Waals surface area contributed by atoms with E-state index in [4.69, 9.17) is 5.11 Å². The average molecular weight is 242 g/mol. The molecule has 16 heavy (non-hydrogen) atoms. The van der Waals surface area contributed by atoms with Crippen molar-refractivity contribution in [3.05, 3.63) is 16.6 Å². The molecule has 0 aliphatic carbocycles. The first kappa shape index (κ1) is 12.6. The van der Waals surface area contributed by atoms with Gasteiger partial charge in [-0.1, -0.05) is 0 Å². The maximum absolute atomic E-state index is 11.6. The number of carbonyl (C=O) groups excluding carboxylic acids is 1. The SMILES string of the molecule is CN(CCC(=O)O)C(=O)CCc1nccs1. The topological polar surface area (TPSA) is 70.5 Å². The van der Waals surface area contributed by atoms with Gasteiger partial charge < -0.3 is 10.0 Å². The van der Waals surface area contributed by atoms with Crippen LogP contribution in [0.3, 0.4) is 0 Å². The largest absolute Gasteiger partial charge is 0.481 e. The Morgan fingerprint density at radius 1 is 1.50 bits per heavy atom. The summed E-state index contributed by atoms with van der Waals surface area (Å²) in [5, 5.41) is 11.3. The van der Waals surface area contributed by atoms with E-state index in [9.17, 15) is 9.59 Å². The first-order valence-corrected chi connectivity index (χ1v) is 5.81. The van der Waals surface area contributed by atoms with E-state index < -0.39 is 5.97 Å². The van der Waals surface area contributed by atoms with Crippen molar-refractivity contribution in [3.63, 3.8) is 0 Å². The minimum Gasteiger partial charge on any atom is -0.481 e. The molecular weight excluding hydrogens is 228 g/mol. The second kappa shape index (κ2) is 6.22. The fraction of sp³-hybridized carbons (Fsp3) is 0.500. The fourth-order valence-corrected chi connectivity index (χ4v) is 1.79. The van der Waals surface area contributed by atoms with Crippen molar-refractivity contribution in [1.29, 1.82) is 0 Å². The third kappa shape index (κ3) is 4.39. The molecule has 1 rings (SSSR count). The Balaban J connectivity index is 2.26. The standard InChI is InChI=1S/C10H14N2O3S/c1-12(6-4-10(14)15)9(13)3-2-8-11-5-7-16-8/h5,7H,2-4,6H2,1H3,(H,14,15). The summed E-state index contributed by atoms with van der Waals surface area (Å²) in [7, 11) is 1.62. The summed E-state index contributed by atoms with van der Waals surface area (Å²) in [5.74, 6) is -0.934. The number of carboxylic acid groups (broad SMARTS) is 1. The lowest BCUT2D eigenvalue weighted by Gasteiger charge is -2.15. The van der Waals surface area contributed by atoms with Crippen LogP contribution >= 0.6 is 11.3 Å². The number of nitrogens with zero attached hydrogens (tertiary/aromatic N) is 2. The molecule has 6 heteroatoms. The van der Waals surface area contributed by atoms with E-state index in [0.29, 0.717) is 12.8 Å². The highest BCUT2D eigenvalue weighted by atomic mass is 32.1. The van der Waals surface area contributed by atoms with Crippen LogP contribution in [0.1, 0.15) is 17.8 Å². The molecule has 1 N–H and O–H groups in total. The van der Waals surface area contributed by atoms with Gasteiger partial charge in [-0.3, -0.25) is 9.59 Å². The lowest BCUT2D eigenvalue weighted by atomic mass is 10.3. The van der Waals surface area contributed by atoms with Gasteiger partial charge in [0, 0.05) is 38.0 Å². The van der Waals surface area contributed by atoms with Crippen LogP contribution in [0.4, 0.5) is 0 Å². The maximum Gasteiger partial charge on any atom is 0.305 e. The zero-order valence-electron chi connectivity index (χ0n) is 9.05. The van der Waals surface area contributed by atoms with Gasteiger partial charge in [-0.05, 0) is 0 Å². The van der Waals surface area contributed by atoms with Crippen LogP contribution in [-0.2, 0) is 16.0 Å². The molecule has 0 atom stereocenters. The van der Waals surface area contributed by atoms with Crippen LogP contribution in [0.5, 0.6) is 0 Å². The van der Waals surface area contributed by atoms with Gasteiger partial charge >= 0.3 is 5.97 Å². The van der Waals surface area contributed by atoms with Crippen LogP contribution in [-0.4, -0.2) is 40.5 Å². The van der Waals surface area contributed by atoms with Gasteiger partial charge in [0.05, 0.1) is 11.4 Å². The number of amides is 1. The molecule has 0 aliphatic heterocycles. The quantitative estimate of drug-likeness (QED) is 0.808. The monoisotopic (exact) mass is 242 g/mol. The smallest absolute Gasteiger partial charge is 0.305 e. The van der Waals surface area contributed by atoms with Crippen molar-refractivity contribution in [2.24, 2.45) is 0 Å². The summed E-state index contributed by atoms with van der Waals surface area (Å²) in [4.78, 5) is 27.4. The highest BCUT2D eigenvalue weighted by Gasteiger charge is 2.10. The molecule has 0 saturated heterocycles. The lowest BCUT2D eigenvalue weighted by Crippen LogP contribution is -2.29. The highest BCUT2D eigenvalue weighted by molar-refractivity contribution is 7.09. The Morgan fingerprint density at radius 3 is 2.81 bits per heavy atom. The number of aromatic nitrogens is 1. The van der Waals surface area contributed by atoms with E-state index in [-0.39, 0.29) is 18.9 Å². The van der Waals surface area contributed by atoms with Gasteiger partial charge in [-0.25, -0.2) is 4.98 Å². The van der Waals surface area contributed by atoms with Crippen LogP contribution in [0.25, 0.3) is 0 Å². The van der Waals surface area contributed by atoms with E-state index in [2.05, 4.69) is 4.98 Å². The first-order chi connectivity index (χ1) is 7.59. The number of hydrogen-bond donors (Lipinski definition) is 1. The second-order valence-corrected chi connectivity index (χ2v) is 4.36.